The minimum Gasteiger partial charge on any atom is -0.497 e. The van der Waals surface area contributed by atoms with Crippen LogP contribution < -0.4 is 10.1 Å². The highest BCUT2D eigenvalue weighted by atomic mass is 16.6. The molecule has 138 valence electrons. The summed E-state index contributed by atoms with van der Waals surface area (Å²) in [5.74, 6) is 0.198. The molecule has 0 bridgehead atoms. The van der Waals surface area contributed by atoms with Crippen molar-refractivity contribution in [1.29, 1.82) is 5.26 Å². The van der Waals surface area contributed by atoms with Gasteiger partial charge >= 0.3 is 6.09 Å². The number of nitrogens with zero attached hydrogens (tertiary/aromatic N) is 3. The predicted molar refractivity (Wildman–Crippen MR) is 95.5 cm³/mol. The number of hydrogen-bond donors (Lipinski definition) is 1. The van der Waals surface area contributed by atoms with E-state index in [0.29, 0.717) is 44.2 Å². The maximum atomic E-state index is 12.3. The van der Waals surface area contributed by atoms with Gasteiger partial charge in [0, 0.05) is 38.1 Å². The maximum Gasteiger partial charge on any atom is 0.409 e. The Morgan fingerprint density at radius 3 is 2.42 bits per heavy atom. The van der Waals surface area contributed by atoms with Crippen molar-refractivity contribution < 1.29 is 19.1 Å². The molecule has 8 nitrogen and oxygen atoms in total. The van der Waals surface area contributed by atoms with Crippen molar-refractivity contribution in [2.45, 2.75) is 6.92 Å². The van der Waals surface area contributed by atoms with E-state index < -0.39 is 5.91 Å². The lowest BCUT2D eigenvalue weighted by Gasteiger charge is -2.33. The molecule has 1 aliphatic heterocycles. The van der Waals surface area contributed by atoms with Gasteiger partial charge < -0.3 is 24.6 Å². The predicted octanol–water partition coefficient (Wildman–Crippen LogP) is 1.82. The van der Waals surface area contributed by atoms with Gasteiger partial charge in [0.1, 0.15) is 17.4 Å². The molecule has 26 heavy (non-hydrogen) atoms. The third-order valence-electron chi connectivity index (χ3n) is 3.86. The number of amides is 2. The second-order valence-electron chi connectivity index (χ2n) is 5.56. The lowest BCUT2D eigenvalue weighted by atomic mass is 10.2. The number of methoxy groups -OCH3 is 1. The van der Waals surface area contributed by atoms with E-state index >= 15 is 0 Å². The summed E-state index contributed by atoms with van der Waals surface area (Å²) in [6.07, 6.45) is 1.19. The summed E-state index contributed by atoms with van der Waals surface area (Å²) in [6.45, 7) is 4.11. The number of nitriles is 1. The molecule has 0 unspecified atom stereocenters. The molecule has 1 aromatic rings. The van der Waals surface area contributed by atoms with E-state index in [-0.39, 0.29) is 11.7 Å². The van der Waals surface area contributed by atoms with Crippen LogP contribution in [0.5, 0.6) is 5.75 Å². The summed E-state index contributed by atoms with van der Waals surface area (Å²) >= 11 is 0. The summed E-state index contributed by atoms with van der Waals surface area (Å²) in [5.41, 5.74) is 0.578. The summed E-state index contributed by atoms with van der Waals surface area (Å²) < 4.78 is 10.0. The fourth-order valence-corrected chi connectivity index (χ4v) is 2.44. The van der Waals surface area contributed by atoms with Crippen LogP contribution >= 0.6 is 0 Å². The first-order valence-electron chi connectivity index (χ1n) is 8.30. The maximum absolute atomic E-state index is 12.3. The minimum atomic E-state index is -0.481. The van der Waals surface area contributed by atoms with Gasteiger partial charge in [-0.25, -0.2) is 4.79 Å². The molecule has 0 aromatic heterocycles. The van der Waals surface area contributed by atoms with Crippen molar-refractivity contribution in [1.82, 2.24) is 9.80 Å². The zero-order chi connectivity index (χ0) is 18.9. The second-order valence-corrected chi connectivity index (χ2v) is 5.56. The van der Waals surface area contributed by atoms with Gasteiger partial charge in [-0.15, -0.1) is 0 Å². The lowest BCUT2D eigenvalue weighted by molar-refractivity contribution is -0.112. The molecule has 1 fully saturated rings. The van der Waals surface area contributed by atoms with Crippen molar-refractivity contribution in [3.63, 3.8) is 0 Å². The Labute approximate surface area is 152 Å². The molecule has 2 rings (SSSR count). The van der Waals surface area contributed by atoms with E-state index in [1.807, 2.05) is 11.0 Å². The van der Waals surface area contributed by atoms with E-state index in [2.05, 4.69) is 5.32 Å². The van der Waals surface area contributed by atoms with Crippen LogP contribution in [0.4, 0.5) is 10.5 Å². The van der Waals surface area contributed by atoms with Gasteiger partial charge in [-0.3, -0.25) is 4.79 Å². The second kappa shape index (κ2) is 9.32. The van der Waals surface area contributed by atoms with Crippen molar-refractivity contribution >= 4 is 17.7 Å². The first-order chi connectivity index (χ1) is 12.6. The number of carbonyl (C=O) groups is 2. The van der Waals surface area contributed by atoms with Crippen molar-refractivity contribution in [2.24, 2.45) is 0 Å². The molecule has 0 spiro atoms. The third kappa shape index (κ3) is 5.14. The third-order valence-corrected chi connectivity index (χ3v) is 3.86. The monoisotopic (exact) mass is 358 g/mol. The highest BCUT2D eigenvalue weighted by molar-refractivity contribution is 6.06. The van der Waals surface area contributed by atoms with Gasteiger partial charge in [0.2, 0.25) is 0 Å². The Morgan fingerprint density at radius 2 is 1.88 bits per heavy atom. The van der Waals surface area contributed by atoms with E-state index in [9.17, 15) is 14.9 Å². The zero-order valence-corrected chi connectivity index (χ0v) is 14.9. The van der Waals surface area contributed by atoms with Crippen molar-refractivity contribution in [3.05, 3.63) is 36.0 Å². The fourth-order valence-electron chi connectivity index (χ4n) is 2.44. The van der Waals surface area contributed by atoms with Gasteiger partial charge in [0.25, 0.3) is 5.91 Å². The average molecular weight is 358 g/mol. The summed E-state index contributed by atoms with van der Waals surface area (Å²) in [6, 6.07) is 8.76. The van der Waals surface area contributed by atoms with Gasteiger partial charge in [-0.1, -0.05) is 0 Å². The normalized spacial score (nSPS) is 14.4. The van der Waals surface area contributed by atoms with Crippen LogP contribution in [0.25, 0.3) is 0 Å². The lowest BCUT2D eigenvalue weighted by Crippen LogP contribution is -2.47. The molecule has 2 amide bonds. The summed E-state index contributed by atoms with van der Waals surface area (Å²) in [5, 5.41) is 12.0. The van der Waals surface area contributed by atoms with Gasteiger partial charge in [0.15, 0.2) is 0 Å². The number of benzene rings is 1. The molecule has 8 heteroatoms. The molecule has 0 radical (unpaired) electrons. The summed E-state index contributed by atoms with van der Waals surface area (Å²) in [4.78, 5) is 27.4. The smallest absolute Gasteiger partial charge is 0.409 e. The van der Waals surface area contributed by atoms with E-state index in [1.54, 1.807) is 43.2 Å². The highest BCUT2D eigenvalue weighted by Gasteiger charge is 2.21. The van der Waals surface area contributed by atoms with Crippen LogP contribution in [-0.4, -0.2) is 61.7 Å². The topological polar surface area (TPSA) is 94.9 Å². The first kappa shape index (κ1) is 19.1. The van der Waals surface area contributed by atoms with Crippen LogP contribution in [0.15, 0.2) is 36.0 Å². The largest absolute Gasteiger partial charge is 0.497 e. The van der Waals surface area contributed by atoms with E-state index in [0.717, 1.165) is 0 Å². The Kier molecular flexibility index (Phi) is 6.85. The molecule has 1 saturated heterocycles. The number of ether oxygens (including phenoxy) is 2. The fraction of sp³-hybridized carbons (Fsp3) is 0.389. The van der Waals surface area contributed by atoms with Gasteiger partial charge in [-0.2, -0.15) is 5.26 Å². The number of hydrogen-bond acceptors (Lipinski definition) is 6. The minimum absolute atomic E-state index is 0.00500. The number of anilines is 1. The molecule has 0 saturated carbocycles. The van der Waals surface area contributed by atoms with Crippen LogP contribution in [0.3, 0.4) is 0 Å². The van der Waals surface area contributed by atoms with Crippen molar-refractivity contribution in [3.8, 4) is 11.8 Å². The van der Waals surface area contributed by atoms with Crippen molar-refractivity contribution in [2.75, 3.05) is 45.2 Å². The van der Waals surface area contributed by atoms with E-state index in [1.165, 1.54) is 6.20 Å². The molecule has 0 aliphatic carbocycles. The molecule has 1 N–H and O–H groups in total. The molecule has 1 heterocycles. The van der Waals surface area contributed by atoms with Crippen LogP contribution in [-0.2, 0) is 9.53 Å². The standard InChI is InChI=1S/C18H22N4O4/c1-3-26-18(24)22-10-8-21(9-11-22)13-14(12-19)17(23)20-15-4-6-16(25-2)7-5-15/h4-7,13H,3,8-11H2,1-2H3,(H,20,23). The Balaban J connectivity index is 1.94. The van der Waals surface area contributed by atoms with Crippen LogP contribution in [0, 0.1) is 11.3 Å². The van der Waals surface area contributed by atoms with Crippen LogP contribution in [0.2, 0.25) is 0 Å². The average Bonchev–Trinajstić information content (AvgIpc) is 2.67. The zero-order valence-electron chi connectivity index (χ0n) is 14.9. The highest BCUT2D eigenvalue weighted by Crippen LogP contribution is 2.16. The quantitative estimate of drug-likeness (QED) is 0.637. The summed E-state index contributed by atoms with van der Waals surface area (Å²) in [7, 11) is 1.56. The number of piperazine rings is 1. The van der Waals surface area contributed by atoms with Gasteiger partial charge in [-0.05, 0) is 31.2 Å². The number of carbonyl (C=O) groups excluding carboxylic acids is 2. The van der Waals surface area contributed by atoms with Crippen LogP contribution in [0.1, 0.15) is 6.92 Å². The SMILES string of the molecule is CCOC(=O)N1CCN(C=C(C#N)C(=O)Nc2ccc(OC)cc2)CC1. The Morgan fingerprint density at radius 1 is 1.23 bits per heavy atom. The first-order valence-corrected chi connectivity index (χ1v) is 8.30. The molecular weight excluding hydrogens is 336 g/mol. The molecule has 0 atom stereocenters. The molecule has 1 aromatic carbocycles. The Bertz CT molecular complexity index is 701. The number of rotatable bonds is 5. The van der Waals surface area contributed by atoms with Gasteiger partial charge in [0.05, 0.1) is 13.7 Å². The number of nitrogens with one attached hydrogen (secondary N) is 1. The van der Waals surface area contributed by atoms with E-state index in [4.69, 9.17) is 9.47 Å². The molecule has 1 aliphatic rings. The Hall–Kier alpha value is -3.21. The molecular formula is C18H22N4O4.